The zero-order chi connectivity index (χ0) is 15.8. The molecule has 0 amide bonds. The van der Waals surface area contributed by atoms with E-state index in [0.717, 1.165) is 12.1 Å². The van der Waals surface area contributed by atoms with Gasteiger partial charge in [-0.2, -0.15) is 13.2 Å². The lowest BCUT2D eigenvalue weighted by molar-refractivity contribution is -0.385. The van der Waals surface area contributed by atoms with Gasteiger partial charge in [0.25, 0.3) is 11.2 Å². The van der Waals surface area contributed by atoms with Crippen molar-refractivity contribution < 1.29 is 22.5 Å². The predicted octanol–water partition coefficient (Wildman–Crippen LogP) is 2.30. The normalized spacial score (nSPS) is 11.4. The van der Waals surface area contributed by atoms with E-state index < -0.39 is 39.5 Å². The average molecular weight is 303 g/mol. The van der Waals surface area contributed by atoms with Crippen LogP contribution in [0.5, 0.6) is 0 Å². The Morgan fingerprint density at radius 2 is 1.90 bits per heavy atom. The van der Waals surface area contributed by atoms with E-state index >= 15 is 0 Å². The molecule has 0 radical (unpaired) electrons. The molecule has 21 heavy (non-hydrogen) atoms. The lowest BCUT2D eigenvalue weighted by Crippen LogP contribution is -2.22. The Kier molecular flexibility index (Phi) is 3.45. The highest BCUT2D eigenvalue weighted by Crippen LogP contribution is 2.26. The van der Waals surface area contributed by atoms with Crippen LogP contribution in [0.2, 0.25) is 0 Å². The van der Waals surface area contributed by atoms with Crippen LogP contribution in [0.15, 0.2) is 35.4 Å². The van der Waals surface area contributed by atoms with Crippen molar-refractivity contribution in [1.82, 2.24) is 9.55 Å². The molecule has 0 unspecified atom stereocenters. The lowest BCUT2D eigenvalue weighted by Gasteiger charge is -2.09. The Morgan fingerprint density at radius 1 is 1.24 bits per heavy atom. The Labute approximate surface area is 113 Å². The number of nitro benzene ring substituents is 1. The van der Waals surface area contributed by atoms with Gasteiger partial charge in [0, 0.05) is 12.1 Å². The molecule has 10 heteroatoms. The van der Waals surface area contributed by atoms with E-state index in [-0.39, 0.29) is 6.07 Å². The SMILES string of the molecule is O=c1cc(C(F)(F)F)ncn1-c1ccc([N+](=O)[O-])cc1F. The molecule has 110 valence electrons. The Bertz CT molecular complexity index is 770. The maximum Gasteiger partial charge on any atom is 0.433 e. The summed E-state index contributed by atoms with van der Waals surface area (Å²) >= 11 is 0. The molecule has 0 bridgehead atoms. The summed E-state index contributed by atoms with van der Waals surface area (Å²) in [5, 5.41) is 10.5. The highest BCUT2D eigenvalue weighted by Gasteiger charge is 2.33. The van der Waals surface area contributed by atoms with Gasteiger partial charge in [0.05, 0.1) is 16.7 Å². The number of hydrogen-bond acceptors (Lipinski definition) is 4. The Balaban J connectivity index is 2.53. The summed E-state index contributed by atoms with van der Waals surface area (Å²) in [4.78, 5) is 24.2. The molecule has 0 aliphatic carbocycles. The molecular formula is C11H5F4N3O3. The molecule has 0 saturated carbocycles. The Hall–Kier alpha value is -2.78. The second-order valence-corrected chi connectivity index (χ2v) is 3.87. The number of hydrogen-bond donors (Lipinski definition) is 0. The van der Waals surface area contributed by atoms with E-state index in [2.05, 4.69) is 4.98 Å². The first-order valence-electron chi connectivity index (χ1n) is 5.30. The van der Waals surface area contributed by atoms with Crippen molar-refractivity contribution in [1.29, 1.82) is 0 Å². The third kappa shape index (κ3) is 2.88. The minimum Gasteiger partial charge on any atom is -0.269 e. The summed E-state index contributed by atoms with van der Waals surface area (Å²) in [5.41, 5.74) is -3.56. The number of halogens is 4. The second-order valence-electron chi connectivity index (χ2n) is 3.87. The maximum absolute atomic E-state index is 13.7. The molecule has 1 aromatic carbocycles. The van der Waals surface area contributed by atoms with E-state index in [4.69, 9.17) is 0 Å². The summed E-state index contributed by atoms with van der Waals surface area (Å²) in [6.07, 6.45) is -4.29. The first-order valence-corrected chi connectivity index (χ1v) is 5.30. The molecule has 6 nitrogen and oxygen atoms in total. The van der Waals surface area contributed by atoms with Gasteiger partial charge in [-0.25, -0.2) is 9.37 Å². The fourth-order valence-corrected chi connectivity index (χ4v) is 1.54. The molecule has 1 heterocycles. The summed E-state index contributed by atoms with van der Waals surface area (Å²) < 4.78 is 51.3. The summed E-state index contributed by atoms with van der Waals surface area (Å²) in [5.74, 6) is -1.13. The van der Waals surface area contributed by atoms with Crippen LogP contribution in [0, 0.1) is 15.9 Å². The van der Waals surface area contributed by atoms with Crippen LogP contribution < -0.4 is 5.56 Å². The number of nitro groups is 1. The highest BCUT2D eigenvalue weighted by molar-refractivity contribution is 5.42. The third-order valence-electron chi connectivity index (χ3n) is 2.50. The van der Waals surface area contributed by atoms with Crippen molar-refractivity contribution in [2.75, 3.05) is 0 Å². The van der Waals surface area contributed by atoms with Crippen molar-refractivity contribution in [2.24, 2.45) is 0 Å². The number of non-ortho nitro benzene ring substituents is 1. The molecule has 0 N–H and O–H groups in total. The molecule has 0 aliphatic heterocycles. The maximum atomic E-state index is 13.7. The topological polar surface area (TPSA) is 78.0 Å². The molecule has 1 aromatic heterocycles. The summed E-state index contributed by atoms with van der Waals surface area (Å²) in [6.45, 7) is 0. The Morgan fingerprint density at radius 3 is 2.38 bits per heavy atom. The zero-order valence-corrected chi connectivity index (χ0v) is 9.96. The zero-order valence-electron chi connectivity index (χ0n) is 9.96. The van der Waals surface area contributed by atoms with Crippen LogP contribution in [0.3, 0.4) is 0 Å². The van der Waals surface area contributed by atoms with Gasteiger partial charge in [0.2, 0.25) is 0 Å². The molecule has 0 saturated heterocycles. The molecule has 0 fully saturated rings. The van der Waals surface area contributed by atoms with Crippen molar-refractivity contribution in [3.8, 4) is 5.69 Å². The lowest BCUT2D eigenvalue weighted by atomic mass is 10.2. The van der Waals surface area contributed by atoms with Gasteiger partial charge < -0.3 is 0 Å². The van der Waals surface area contributed by atoms with Crippen LogP contribution >= 0.6 is 0 Å². The van der Waals surface area contributed by atoms with E-state index in [1.165, 1.54) is 0 Å². The van der Waals surface area contributed by atoms with Gasteiger partial charge in [-0.05, 0) is 6.07 Å². The number of nitrogens with zero attached hydrogens (tertiary/aromatic N) is 3. The number of rotatable bonds is 2. The van der Waals surface area contributed by atoms with Crippen LogP contribution in [-0.4, -0.2) is 14.5 Å². The summed E-state index contributed by atoms with van der Waals surface area (Å²) in [6, 6.07) is 2.59. The van der Waals surface area contributed by atoms with Gasteiger partial charge in [0.1, 0.15) is 6.33 Å². The second kappa shape index (κ2) is 4.96. The van der Waals surface area contributed by atoms with Crippen molar-refractivity contribution in [2.45, 2.75) is 6.18 Å². The molecule has 0 aliphatic rings. The first kappa shape index (κ1) is 14.6. The monoisotopic (exact) mass is 303 g/mol. The van der Waals surface area contributed by atoms with Gasteiger partial charge in [-0.1, -0.05) is 0 Å². The fraction of sp³-hybridized carbons (Fsp3) is 0.0909. The molecule has 2 rings (SSSR count). The highest BCUT2D eigenvalue weighted by atomic mass is 19.4. The quantitative estimate of drug-likeness (QED) is 0.484. The minimum atomic E-state index is -4.80. The van der Waals surface area contributed by atoms with E-state index in [0.29, 0.717) is 17.0 Å². The molecule has 0 spiro atoms. The third-order valence-corrected chi connectivity index (χ3v) is 2.50. The molecule has 2 aromatic rings. The van der Waals surface area contributed by atoms with Crippen LogP contribution in [0.25, 0.3) is 5.69 Å². The number of alkyl halides is 3. The van der Waals surface area contributed by atoms with Gasteiger partial charge >= 0.3 is 6.18 Å². The van der Waals surface area contributed by atoms with Gasteiger partial charge in [-0.15, -0.1) is 0 Å². The van der Waals surface area contributed by atoms with Crippen LogP contribution in [-0.2, 0) is 6.18 Å². The molecular weight excluding hydrogens is 298 g/mol. The predicted molar refractivity (Wildman–Crippen MR) is 61.4 cm³/mol. The molecule has 0 atom stereocenters. The van der Waals surface area contributed by atoms with E-state index in [1.807, 2.05) is 0 Å². The van der Waals surface area contributed by atoms with Crippen molar-refractivity contribution in [3.63, 3.8) is 0 Å². The summed E-state index contributed by atoms with van der Waals surface area (Å²) in [7, 11) is 0. The number of benzene rings is 1. The van der Waals surface area contributed by atoms with Gasteiger partial charge in [-0.3, -0.25) is 19.5 Å². The van der Waals surface area contributed by atoms with E-state index in [9.17, 15) is 32.5 Å². The van der Waals surface area contributed by atoms with Crippen LogP contribution in [0.1, 0.15) is 5.69 Å². The van der Waals surface area contributed by atoms with E-state index in [1.54, 1.807) is 0 Å². The van der Waals surface area contributed by atoms with Crippen molar-refractivity contribution >= 4 is 5.69 Å². The standard InChI is InChI=1S/C11H5F4N3O3/c12-7-3-6(18(20)21)1-2-8(7)17-5-16-9(4-10(17)19)11(13,14)15/h1-5H. The van der Waals surface area contributed by atoms with Crippen molar-refractivity contribution in [3.05, 3.63) is 62.6 Å². The minimum absolute atomic E-state index is 0.209. The largest absolute Gasteiger partial charge is 0.433 e. The van der Waals surface area contributed by atoms with Gasteiger partial charge in [0.15, 0.2) is 11.5 Å². The number of aromatic nitrogens is 2. The first-order chi connectivity index (χ1) is 9.70. The average Bonchev–Trinajstić information content (AvgIpc) is 2.38. The smallest absolute Gasteiger partial charge is 0.269 e. The fourth-order valence-electron chi connectivity index (χ4n) is 1.54. The van der Waals surface area contributed by atoms with Crippen LogP contribution in [0.4, 0.5) is 23.2 Å².